The van der Waals surface area contributed by atoms with E-state index in [2.05, 4.69) is 42.3 Å². The number of nitrogens with zero attached hydrogens (tertiary/aromatic N) is 2. The van der Waals surface area contributed by atoms with Gasteiger partial charge in [0.15, 0.2) is 0 Å². The number of hydrogen-bond acceptors (Lipinski definition) is 0. The zero-order valence-electron chi connectivity index (χ0n) is 12.3. The Morgan fingerprint density at radius 1 is 0.706 bits per heavy atom. The first kappa shape index (κ1) is 20.7. The van der Waals surface area contributed by atoms with Gasteiger partial charge in [0.2, 0.25) is 0 Å². The van der Waals surface area contributed by atoms with Gasteiger partial charge in [0.05, 0.1) is 55.4 Å². The van der Waals surface area contributed by atoms with Crippen molar-refractivity contribution in [1.82, 2.24) is 0 Å². The molecule has 0 radical (unpaired) electrons. The molecular weight excluding hydrogens is 438 g/mol. The van der Waals surface area contributed by atoms with Crippen LogP contribution in [0, 0.1) is 11.8 Å². The SMILES string of the molecule is C[N+](C)(C)CC[C@@H]1C[C@H]1CC[N+](C)(C)C.[I-].[I-]. The topological polar surface area (TPSA) is 0 Å². The molecule has 0 aliphatic heterocycles. The second kappa shape index (κ2) is 7.85. The van der Waals surface area contributed by atoms with Crippen LogP contribution in [0.4, 0.5) is 0 Å². The molecule has 1 aliphatic rings. The van der Waals surface area contributed by atoms with Crippen molar-refractivity contribution in [3.05, 3.63) is 0 Å². The minimum atomic E-state index is 0. The standard InChI is InChI=1S/C13H30N2.2HI/c1-14(2,3)9-7-12-11-13(12)8-10-15(4,5)6;;/h12-13H,7-11H2,1-6H3;2*1H/q+2;;/p-2/t12-,13-;;/m1../s1. The van der Waals surface area contributed by atoms with E-state index < -0.39 is 0 Å². The molecule has 0 spiro atoms. The highest BCUT2D eigenvalue weighted by atomic mass is 127. The summed E-state index contributed by atoms with van der Waals surface area (Å²) in [5.41, 5.74) is 0. The molecule has 1 saturated carbocycles. The average Bonchev–Trinajstić information content (AvgIpc) is 2.73. The molecule has 17 heavy (non-hydrogen) atoms. The second-order valence-electron chi connectivity index (χ2n) is 7.36. The summed E-state index contributed by atoms with van der Waals surface area (Å²) < 4.78 is 2.25. The number of hydrogen-bond donors (Lipinski definition) is 0. The lowest BCUT2D eigenvalue weighted by atomic mass is 10.1. The summed E-state index contributed by atoms with van der Waals surface area (Å²) in [7, 11) is 13.8. The van der Waals surface area contributed by atoms with Crippen molar-refractivity contribution in [2.75, 3.05) is 55.4 Å². The minimum Gasteiger partial charge on any atom is -1.00 e. The van der Waals surface area contributed by atoms with Crippen LogP contribution in [-0.2, 0) is 0 Å². The third-order valence-electron chi connectivity index (χ3n) is 3.41. The third kappa shape index (κ3) is 10.9. The van der Waals surface area contributed by atoms with Gasteiger partial charge in [-0.1, -0.05) is 0 Å². The van der Waals surface area contributed by atoms with Gasteiger partial charge in [-0.05, 0) is 31.1 Å². The van der Waals surface area contributed by atoms with Crippen molar-refractivity contribution >= 4 is 0 Å². The van der Waals surface area contributed by atoms with E-state index in [-0.39, 0.29) is 48.0 Å². The van der Waals surface area contributed by atoms with Crippen LogP contribution in [-0.4, -0.2) is 64.3 Å². The van der Waals surface area contributed by atoms with Gasteiger partial charge in [0.1, 0.15) is 0 Å². The third-order valence-corrected chi connectivity index (χ3v) is 3.41. The molecule has 1 rings (SSSR count). The summed E-state index contributed by atoms with van der Waals surface area (Å²) in [4.78, 5) is 0. The van der Waals surface area contributed by atoms with Crippen molar-refractivity contribution in [2.45, 2.75) is 19.3 Å². The molecular formula is C13H30I2N2. The average molecular weight is 468 g/mol. The molecule has 0 aromatic rings. The Hall–Kier alpha value is 1.38. The van der Waals surface area contributed by atoms with Crippen LogP contribution in [0.2, 0.25) is 0 Å². The molecule has 0 saturated heterocycles. The Balaban J connectivity index is 0. The molecule has 1 aliphatic carbocycles. The molecule has 1 fully saturated rings. The normalized spacial score (nSPS) is 23.6. The Bertz CT molecular complexity index is 184. The van der Waals surface area contributed by atoms with Gasteiger partial charge >= 0.3 is 0 Å². The number of quaternary nitrogens is 2. The maximum atomic E-state index is 2.30. The Labute approximate surface area is 142 Å². The van der Waals surface area contributed by atoms with Crippen LogP contribution < -0.4 is 48.0 Å². The van der Waals surface area contributed by atoms with E-state index in [0.717, 1.165) is 20.8 Å². The molecule has 0 heterocycles. The molecule has 2 nitrogen and oxygen atoms in total. The molecule has 0 amide bonds. The second-order valence-corrected chi connectivity index (χ2v) is 7.36. The highest BCUT2D eigenvalue weighted by Gasteiger charge is 2.38. The van der Waals surface area contributed by atoms with Gasteiger partial charge in [-0.2, -0.15) is 0 Å². The predicted octanol–water partition coefficient (Wildman–Crippen LogP) is -4.18. The van der Waals surface area contributed by atoms with Gasteiger partial charge in [-0.15, -0.1) is 0 Å². The number of halogens is 2. The van der Waals surface area contributed by atoms with E-state index in [1.54, 1.807) is 0 Å². The highest BCUT2D eigenvalue weighted by molar-refractivity contribution is 4.85. The lowest BCUT2D eigenvalue weighted by Crippen LogP contribution is -3.00. The van der Waals surface area contributed by atoms with E-state index in [0.29, 0.717) is 0 Å². The molecule has 106 valence electrons. The lowest BCUT2D eigenvalue weighted by molar-refractivity contribution is -0.871. The van der Waals surface area contributed by atoms with Crippen LogP contribution in [0.15, 0.2) is 0 Å². The Morgan fingerprint density at radius 3 is 1.24 bits per heavy atom. The Kier molecular flexibility index (Phi) is 9.55. The lowest BCUT2D eigenvalue weighted by Gasteiger charge is -2.24. The van der Waals surface area contributed by atoms with E-state index in [4.69, 9.17) is 0 Å². The fraction of sp³-hybridized carbons (Fsp3) is 1.00. The quantitative estimate of drug-likeness (QED) is 0.275. The fourth-order valence-corrected chi connectivity index (χ4v) is 2.12. The molecule has 0 unspecified atom stereocenters. The summed E-state index contributed by atoms with van der Waals surface area (Å²) in [6.07, 6.45) is 4.37. The summed E-state index contributed by atoms with van der Waals surface area (Å²) >= 11 is 0. The maximum Gasteiger partial charge on any atom is 0.0783 e. The first-order valence-electron chi connectivity index (χ1n) is 6.28. The van der Waals surface area contributed by atoms with Crippen molar-refractivity contribution < 1.29 is 56.9 Å². The van der Waals surface area contributed by atoms with E-state index in [1.807, 2.05) is 0 Å². The van der Waals surface area contributed by atoms with Crippen LogP contribution in [0.25, 0.3) is 0 Å². The van der Waals surface area contributed by atoms with Crippen LogP contribution in [0.1, 0.15) is 19.3 Å². The summed E-state index contributed by atoms with van der Waals surface area (Å²) in [5, 5.41) is 0. The fourth-order valence-electron chi connectivity index (χ4n) is 2.12. The molecule has 0 aromatic heterocycles. The van der Waals surface area contributed by atoms with Gasteiger partial charge in [-0.25, -0.2) is 0 Å². The molecule has 0 N–H and O–H groups in total. The predicted molar refractivity (Wildman–Crippen MR) is 66.6 cm³/mol. The maximum absolute atomic E-state index is 2.30. The first-order valence-corrected chi connectivity index (χ1v) is 6.28. The smallest absolute Gasteiger partial charge is 0.0783 e. The summed E-state index contributed by atoms with van der Waals surface area (Å²) in [6.45, 7) is 2.68. The molecule has 0 bridgehead atoms. The van der Waals surface area contributed by atoms with Crippen molar-refractivity contribution in [3.63, 3.8) is 0 Å². The van der Waals surface area contributed by atoms with Crippen molar-refractivity contribution in [1.29, 1.82) is 0 Å². The largest absolute Gasteiger partial charge is 1.00 e. The van der Waals surface area contributed by atoms with Crippen LogP contribution >= 0.6 is 0 Å². The van der Waals surface area contributed by atoms with Gasteiger partial charge in [0.25, 0.3) is 0 Å². The minimum absolute atomic E-state index is 0. The van der Waals surface area contributed by atoms with Crippen LogP contribution in [0.3, 0.4) is 0 Å². The number of rotatable bonds is 6. The molecule has 0 aromatic carbocycles. The summed E-state index contributed by atoms with van der Waals surface area (Å²) in [5.74, 6) is 2.10. The summed E-state index contributed by atoms with van der Waals surface area (Å²) in [6, 6.07) is 0. The first-order chi connectivity index (χ1) is 6.67. The molecule has 2 atom stereocenters. The van der Waals surface area contributed by atoms with Crippen molar-refractivity contribution in [2.24, 2.45) is 11.8 Å². The monoisotopic (exact) mass is 468 g/mol. The van der Waals surface area contributed by atoms with E-state index in [9.17, 15) is 0 Å². The van der Waals surface area contributed by atoms with E-state index in [1.165, 1.54) is 32.4 Å². The molecule has 4 heteroatoms. The van der Waals surface area contributed by atoms with Gasteiger partial charge < -0.3 is 56.9 Å². The zero-order chi connectivity index (χ0) is 11.7. The van der Waals surface area contributed by atoms with Crippen LogP contribution in [0.5, 0.6) is 0 Å². The highest BCUT2D eigenvalue weighted by Crippen LogP contribution is 2.44. The zero-order valence-corrected chi connectivity index (χ0v) is 16.7. The Morgan fingerprint density at radius 2 is 1.00 bits per heavy atom. The van der Waals surface area contributed by atoms with E-state index >= 15 is 0 Å². The van der Waals surface area contributed by atoms with Gasteiger partial charge in [0, 0.05) is 0 Å². The van der Waals surface area contributed by atoms with Gasteiger partial charge in [-0.3, -0.25) is 0 Å². The van der Waals surface area contributed by atoms with Crippen molar-refractivity contribution in [3.8, 4) is 0 Å².